The number of carbonyl (C=O) groups is 5. The van der Waals surface area contributed by atoms with Gasteiger partial charge in [-0.1, -0.05) is 20.8 Å². The molecule has 0 aliphatic carbocycles. The number of carbonyl (C=O) groups excluding carboxylic acids is 5. The molecule has 2 rings (SSSR count). The molecule has 2 aliphatic heterocycles. The lowest BCUT2D eigenvalue weighted by atomic mass is 10.1. The van der Waals surface area contributed by atoms with Gasteiger partial charge < -0.3 is 29.4 Å². The van der Waals surface area contributed by atoms with Gasteiger partial charge in [0.1, 0.15) is 0 Å². The molecular weight excluding hydrogens is 516 g/mol. The van der Waals surface area contributed by atoms with Crippen molar-refractivity contribution in [2.45, 2.75) is 57.6 Å². The third-order valence-electron chi connectivity index (χ3n) is 6.30. The van der Waals surface area contributed by atoms with Gasteiger partial charge in [-0.25, -0.2) is 4.79 Å². The Bertz CT molecular complexity index is 801. The first-order valence-electron chi connectivity index (χ1n) is 13.2. The van der Waals surface area contributed by atoms with Crippen molar-refractivity contribution < 1.29 is 38.3 Å². The highest BCUT2D eigenvalue weighted by Crippen LogP contribution is 2.29. The van der Waals surface area contributed by atoms with E-state index in [-0.39, 0.29) is 55.6 Å². The minimum Gasteiger partial charge on any atom is -0.378 e. The first-order valence-corrected chi connectivity index (χ1v) is 14.2. The number of imide groups is 1. The van der Waals surface area contributed by atoms with Crippen molar-refractivity contribution >= 4 is 41.4 Å². The number of rotatable bonds is 17. The number of piperazine rings is 1. The Morgan fingerprint density at radius 1 is 0.921 bits per heavy atom. The number of ether oxygens (including phenoxy) is 2. The number of thioether (sulfide) groups is 1. The largest absolute Gasteiger partial charge is 0.378 e. The fourth-order valence-corrected chi connectivity index (χ4v) is 4.68. The van der Waals surface area contributed by atoms with Crippen LogP contribution in [-0.4, -0.2) is 121 Å². The van der Waals surface area contributed by atoms with Crippen LogP contribution < -0.4 is 5.32 Å². The van der Waals surface area contributed by atoms with Crippen LogP contribution in [0.4, 0.5) is 0 Å². The maximum absolute atomic E-state index is 12.5. The van der Waals surface area contributed by atoms with E-state index in [1.807, 2.05) is 4.90 Å². The molecule has 2 saturated heterocycles. The molecule has 2 aliphatic rings. The zero-order chi connectivity index (χ0) is 28.0. The van der Waals surface area contributed by atoms with Gasteiger partial charge >= 0.3 is 5.97 Å². The van der Waals surface area contributed by atoms with Gasteiger partial charge in [-0.05, 0) is 13.0 Å². The zero-order valence-electron chi connectivity index (χ0n) is 22.8. The Hall–Kier alpha value is -2.22. The van der Waals surface area contributed by atoms with Crippen LogP contribution in [0, 0.1) is 0 Å². The molecule has 216 valence electrons. The van der Waals surface area contributed by atoms with E-state index in [1.54, 1.807) is 0 Å². The van der Waals surface area contributed by atoms with Crippen molar-refractivity contribution in [2.24, 2.45) is 0 Å². The predicted octanol–water partition coefficient (Wildman–Crippen LogP) is 0.589. The van der Waals surface area contributed by atoms with E-state index < -0.39 is 17.8 Å². The van der Waals surface area contributed by atoms with Gasteiger partial charge in [0.05, 0.1) is 38.6 Å². The van der Waals surface area contributed by atoms with Crippen LogP contribution in [0.5, 0.6) is 0 Å². The summed E-state index contributed by atoms with van der Waals surface area (Å²) in [5, 5.41) is 3.32. The summed E-state index contributed by atoms with van der Waals surface area (Å²) < 4.78 is 10.5. The number of hydrogen-bond acceptors (Lipinski definition) is 10. The lowest BCUT2D eigenvalue weighted by Gasteiger charge is -2.34. The molecular formula is C25H42N4O8S. The topological polar surface area (TPSA) is 135 Å². The Balaban J connectivity index is 1.43. The summed E-state index contributed by atoms with van der Waals surface area (Å²) in [4.78, 5) is 68.2. The van der Waals surface area contributed by atoms with Gasteiger partial charge in [0.2, 0.25) is 11.8 Å². The number of hydrogen-bond donors (Lipinski definition) is 1. The molecule has 12 nitrogen and oxygen atoms in total. The highest BCUT2D eigenvalue weighted by atomic mass is 32.2. The standard InChI is InChI=1S/C25H42N4O8S/c1-4-27-11-13-28(14-12-27)21(31)7-9-25(2,3)38-19-20(30)26-10-16-36-18-17-35-15-8-24(34)37-29-22(32)5-6-23(29)33/h4-19H2,1-3H3,(H,26,30). The average molecular weight is 559 g/mol. The van der Waals surface area contributed by atoms with Crippen LogP contribution in [0.25, 0.3) is 0 Å². The highest BCUT2D eigenvalue weighted by Gasteiger charge is 2.32. The van der Waals surface area contributed by atoms with E-state index in [0.717, 1.165) is 32.7 Å². The second-order valence-corrected chi connectivity index (χ2v) is 11.4. The third-order valence-corrected chi connectivity index (χ3v) is 7.69. The number of hydroxylamine groups is 2. The number of amides is 4. The molecule has 0 saturated carbocycles. The summed E-state index contributed by atoms with van der Waals surface area (Å²) in [5.74, 6) is -1.33. The van der Waals surface area contributed by atoms with Gasteiger partial charge in [-0.15, -0.1) is 16.8 Å². The van der Waals surface area contributed by atoms with Crippen molar-refractivity contribution in [1.29, 1.82) is 0 Å². The van der Waals surface area contributed by atoms with Gasteiger partial charge in [0, 0.05) is 56.7 Å². The van der Waals surface area contributed by atoms with E-state index in [0.29, 0.717) is 36.8 Å². The molecule has 0 spiro atoms. The van der Waals surface area contributed by atoms with E-state index in [1.165, 1.54) is 11.8 Å². The molecule has 2 fully saturated rings. The van der Waals surface area contributed by atoms with Crippen molar-refractivity contribution in [3.8, 4) is 0 Å². The van der Waals surface area contributed by atoms with Crippen LogP contribution in [0.1, 0.15) is 52.9 Å². The van der Waals surface area contributed by atoms with Gasteiger partial charge in [-0.3, -0.25) is 19.2 Å². The number of nitrogens with one attached hydrogen (secondary N) is 1. The maximum atomic E-state index is 12.5. The molecule has 0 bridgehead atoms. The third kappa shape index (κ3) is 12.1. The summed E-state index contributed by atoms with van der Waals surface area (Å²) in [6.45, 7) is 12.0. The normalized spacial score (nSPS) is 16.7. The number of nitrogens with zero attached hydrogens (tertiary/aromatic N) is 3. The fourth-order valence-electron chi connectivity index (χ4n) is 3.81. The predicted molar refractivity (Wildman–Crippen MR) is 141 cm³/mol. The molecule has 0 unspecified atom stereocenters. The summed E-state index contributed by atoms with van der Waals surface area (Å²) in [5.41, 5.74) is 0. The van der Waals surface area contributed by atoms with Crippen molar-refractivity contribution in [3.63, 3.8) is 0 Å². The molecule has 2 heterocycles. The Morgan fingerprint density at radius 3 is 2.18 bits per heavy atom. The first kappa shape index (κ1) is 32.0. The van der Waals surface area contributed by atoms with E-state index in [4.69, 9.17) is 14.3 Å². The lowest BCUT2D eigenvalue weighted by molar-refractivity contribution is -0.198. The summed E-state index contributed by atoms with van der Waals surface area (Å²) in [6, 6.07) is 0. The van der Waals surface area contributed by atoms with Crippen LogP contribution in [0.2, 0.25) is 0 Å². The monoisotopic (exact) mass is 558 g/mol. The molecule has 0 atom stereocenters. The SMILES string of the molecule is CCN1CCN(C(=O)CCC(C)(C)SCC(=O)NCCOCCOCCC(=O)ON2C(=O)CCC2=O)CC1. The Morgan fingerprint density at radius 2 is 1.55 bits per heavy atom. The zero-order valence-corrected chi connectivity index (χ0v) is 23.6. The fraction of sp³-hybridized carbons (Fsp3) is 0.800. The molecule has 0 aromatic rings. The van der Waals surface area contributed by atoms with Gasteiger partial charge in [0.15, 0.2) is 0 Å². The van der Waals surface area contributed by atoms with E-state index in [9.17, 15) is 24.0 Å². The number of likely N-dealkylation sites (N-methyl/N-ethyl adjacent to an activating group) is 1. The Kier molecular flexibility index (Phi) is 14.0. The molecule has 0 aromatic carbocycles. The smallest absolute Gasteiger partial charge is 0.335 e. The summed E-state index contributed by atoms with van der Waals surface area (Å²) in [6.07, 6.45) is 1.22. The minimum absolute atomic E-state index is 0.0524. The molecule has 13 heteroatoms. The minimum atomic E-state index is -0.713. The second-order valence-electron chi connectivity index (χ2n) is 9.73. The van der Waals surface area contributed by atoms with Crippen molar-refractivity contribution in [3.05, 3.63) is 0 Å². The van der Waals surface area contributed by atoms with Crippen molar-refractivity contribution in [2.75, 3.05) is 71.4 Å². The van der Waals surface area contributed by atoms with E-state index >= 15 is 0 Å². The molecule has 1 N–H and O–H groups in total. The summed E-state index contributed by atoms with van der Waals surface area (Å²) >= 11 is 1.54. The van der Waals surface area contributed by atoms with Crippen LogP contribution >= 0.6 is 11.8 Å². The van der Waals surface area contributed by atoms with Gasteiger partial charge in [-0.2, -0.15) is 0 Å². The van der Waals surface area contributed by atoms with E-state index in [2.05, 4.69) is 31.0 Å². The molecule has 4 amide bonds. The van der Waals surface area contributed by atoms with Crippen molar-refractivity contribution in [1.82, 2.24) is 20.2 Å². The first-order chi connectivity index (χ1) is 18.1. The second kappa shape index (κ2) is 16.7. The van der Waals surface area contributed by atoms with Crippen LogP contribution in [-0.2, 0) is 38.3 Å². The highest BCUT2D eigenvalue weighted by molar-refractivity contribution is 8.01. The molecule has 38 heavy (non-hydrogen) atoms. The quantitative estimate of drug-likeness (QED) is 0.200. The maximum Gasteiger partial charge on any atom is 0.335 e. The molecule has 0 aromatic heterocycles. The summed E-state index contributed by atoms with van der Waals surface area (Å²) in [7, 11) is 0. The average Bonchev–Trinajstić information content (AvgIpc) is 3.21. The van der Waals surface area contributed by atoms with Crippen LogP contribution in [0.15, 0.2) is 0 Å². The van der Waals surface area contributed by atoms with Crippen LogP contribution in [0.3, 0.4) is 0 Å². The Labute approximate surface area is 229 Å². The van der Waals surface area contributed by atoms with Gasteiger partial charge in [0.25, 0.3) is 11.8 Å². The lowest BCUT2D eigenvalue weighted by Crippen LogP contribution is -2.48. The molecule has 0 radical (unpaired) electrons.